The molecule has 0 aromatic carbocycles. The van der Waals surface area contributed by atoms with Crippen LogP contribution in [0, 0.1) is 0 Å². The second-order valence-electron chi connectivity index (χ2n) is 5.05. The van der Waals surface area contributed by atoms with E-state index in [1.54, 1.807) is 0 Å². The number of morpholine rings is 1. The first-order valence-corrected chi connectivity index (χ1v) is 6.42. The van der Waals surface area contributed by atoms with Gasteiger partial charge in [0.05, 0.1) is 19.3 Å². The summed E-state index contributed by atoms with van der Waals surface area (Å²) in [5.74, 6) is 0. The first-order chi connectivity index (χ1) is 7.75. The Bertz CT molecular complexity index is 205. The molecule has 1 N–H and O–H groups in total. The van der Waals surface area contributed by atoms with Crippen LogP contribution >= 0.6 is 0 Å². The van der Waals surface area contributed by atoms with Crippen molar-refractivity contribution in [3.8, 4) is 0 Å². The number of nitrogens with zero attached hydrogens (tertiary/aromatic N) is 1. The molecule has 2 heterocycles. The third-order valence-corrected chi connectivity index (χ3v) is 3.46. The third-order valence-electron chi connectivity index (χ3n) is 3.46. The Morgan fingerprint density at radius 2 is 2.25 bits per heavy atom. The minimum Gasteiger partial charge on any atom is -0.380 e. The van der Waals surface area contributed by atoms with Crippen LogP contribution in [-0.4, -0.2) is 62.5 Å². The zero-order valence-electron chi connectivity index (χ0n) is 10.4. The van der Waals surface area contributed by atoms with Crippen molar-refractivity contribution in [3.05, 3.63) is 0 Å². The molecule has 94 valence electrons. The topological polar surface area (TPSA) is 33.7 Å². The molecule has 16 heavy (non-hydrogen) atoms. The van der Waals surface area contributed by atoms with Crippen molar-refractivity contribution < 1.29 is 9.47 Å². The van der Waals surface area contributed by atoms with Crippen molar-refractivity contribution in [3.63, 3.8) is 0 Å². The molecule has 2 aliphatic heterocycles. The Labute approximate surface area is 98.3 Å². The summed E-state index contributed by atoms with van der Waals surface area (Å²) in [6.45, 7) is 10.2. The van der Waals surface area contributed by atoms with E-state index in [-0.39, 0.29) is 0 Å². The standard InChI is InChI=1S/C12H24N2O2/c1-10(2)14-4-6-16-12(8-14)7-13-11-3-5-15-9-11/h10-13H,3-9H2,1-2H3. The lowest BCUT2D eigenvalue weighted by Crippen LogP contribution is -2.50. The highest BCUT2D eigenvalue weighted by Gasteiger charge is 2.23. The van der Waals surface area contributed by atoms with Gasteiger partial charge >= 0.3 is 0 Å². The van der Waals surface area contributed by atoms with Crippen molar-refractivity contribution in [2.75, 3.05) is 39.5 Å². The molecule has 0 amide bonds. The van der Waals surface area contributed by atoms with Gasteiger partial charge in [-0.05, 0) is 20.3 Å². The molecule has 0 aromatic heterocycles. The number of nitrogens with one attached hydrogen (secondary N) is 1. The van der Waals surface area contributed by atoms with Gasteiger partial charge in [0, 0.05) is 38.3 Å². The molecular weight excluding hydrogens is 204 g/mol. The van der Waals surface area contributed by atoms with E-state index in [4.69, 9.17) is 9.47 Å². The lowest BCUT2D eigenvalue weighted by molar-refractivity contribution is -0.0381. The van der Waals surface area contributed by atoms with Crippen LogP contribution in [0.4, 0.5) is 0 Å². The lowest BCUT2D eigenvalue weighted by atomic mass is 10.2. The minimum atomic E-state index is 0.344. The van der Waals surface area contributed by atoms with E-state index in [0.717, 1.165) is 45.9 Å². The number of ether oxygens (including phenoxy) is 2. The van der Waals surface area contributed by atoms with Crippen LogP contribution in [0.1, 0.15) is 20.3 Å². The highest BCUT2D eigenvalue weighted by atomic mass is 16.5. The fourth-order valence-electron chi connectivity index (χ4n) is 2.33. The average Bonchev–Trinajstić information content (AvgIpc) is 2.79. The van der Waals surface area contributed by atoms with Crippen LogP contribution in [0.3, 0.4) is 0 Å². The fraction of sp³-hybridized carbons (Fsp3) is 1.00. The molecule has 2 fully saturated rings. The molecular formula is C12H24N2O2. The molecule has 0 spiro atoms. The monoisotopic (exact) mass is 228 g/mol. The zero-order chi connectivity index (χ0) is 11.4. The first-order valence-electron chi connectivity index (χ1n) is 6.42. The van der Waals surface area contributed by atoms with Crippen molar-refractivity contribution >= 4 is 0 Å². The van der Waals surface area contributed by atoms with E-state index in [2.05, 4.69) is 24.1 Å². The summed E-state index contributed by atoms with van der Waals surface area (Å²) in [5.41, 5.74) is 0. The van der Waals surface area contributed by atoms with Gasteiger partial charge in [-0.1, -0.05) is 0 Å². The van der Waals surface area contributed by atoms with Gasteiger partial charge in [-0.3, -0.25) is 4.90 Å². The van der Waals surface area contributed by atoms with Gasteiger partial charge < -0.3 is 14.8 Å². The summed E-state index contributed by atoms with van der Waals surface area (Å²) in [7, 11) is 0. The predicted molar refractivity (Wildman–Crippen MR) is 63.7 cm³/mol. The van der Waals surface area contributed by atoms with Crippen LogP contribution < -0.4 is 5.32 Å². The Morgan fingerprint density at radius 3 is 2.94 bits per heavy atom. The zero-order valence-corrected chi connectivity index (χ0v) is 10.4. The summed E-state index contributed by atoms with van der Waals surface area (Å²) in [4.78, 5) is 2.49. The summed E-state index contributed by atoms with van der Waals surface area (Å²) in [6, 6.07) is 1.17. The third kappa shape index (κ3) is 3.42. The van der Waals surface area contributed by atoms with Crippen LogP contribution in [0.25, 0.3) is 0 Å². The molecule has 2 aliphatic rings. The summed E-state index contributed by atoms with van der Waals surface area (Å²) < 4.78 is 11.1. The van der Waals surface area contributed by atoms with Crippen LogP contribution in [0.2, 0.25) is 0 Å². The highest BCUT2D eigenvalue weighted by Crippen LogP contribution is 2.09. The summed E-state index contributed by atoms with van der Waals surface area (Å²) in [5, 5.41) is 3.53. The van der Waals surface area contributed by atoms with E-state index in [1.807, 2.05) is 0 Å². The van der Waals surface area contributed by atoms with E-state index in [0.29, 0.717) is 18.2 Å². The van der Waals surface area contributed by atoms with Gasteiger partial charge in [0.15, 0.2) is 0 Å². The normalized spacial score (nSPS) is 32.4. The molecule has 2 rings (SSSR count). The summed E-state index contributed by atoms with van der Waals surface area (Å²) >= 11 is 0. The molecule has 4 heteroatoms. The Balaban J connectivity index is 1.68. The second-order valence-corrected chi connectivity index (χ2v) is 5.05. The van der Waals surface area contributed by atoms with Gasteiger partial charge in [-0.25, -0.2) is 0 Å². The molecule has 0 bridgehead atoms. The minimum absolute atomic E-state index is 0.344. The molecule has 2 atom stereocenters. The summed E-state index contributed by atoms with van der Waals surface area (Å²) in [6.07, 6.45) is 1.48. The molecule has 0 radical (unpaired) electrons. The van der Waals surface area contributed by atoms with E-state index in [9.17, 15) is 0 Å². The van der Waals surface area contributed by atoms with Crippen LogP contribution in [-0.2, 0) is 9.47 Å². The SMILES string of the molecule is CC(C)N1CCOC(CNC2CCOC2)C1. The molecule has 0 saturated carbocycles. The van der Waals surface area contributed by atoms with Crippen molar-refractivity contribution in [2.24, 2.45) is 0 Å². The maximum atomic E-state index is 5.77. The van der Waals surface area contributed by atoms with E-state index in [1.165, 1.54) is 0 Å². The lowest BCUT2D eigenvalue weighted by Gasteiger charge is -2.35. The average molecular weight is 228 g/mol. The van der Waals surface area contributed by atoms with Crippen molar-refractivity contribution in [2.45, 2.75) is 38.5 Å². The van der Waals surface area contributed by atoms with Crippen LogP contribution in [0.15, 0.2) is 0 Å². The second kappa shape index (κ2) is 5.96. The largest absolute Gasteiger partial charge is 0.380 e. The maximum absolute atomic E-state index is 5.77. The Kier molecular flexibility index (Phi) is 4.58. The van der Waals surface area contributed by atoms with E-state index < -0.39 is 0 Å². The predicted octanol–water partition coefficient (Wildman–Crippen LogP) is 0.474. The van der Waals surface area contributed by atoms with E-state index >= 15 is 0 Å². The highest BCUT2D eigenvalue weighted by molar-refractivity contribution is 4.78. The molecule has 2 unspecified atom stereocenters. The number of hydrogen-bond acceptors (Lipinski definition) is 4. The van der Waals surface area contributed by atoms with Crippen molar-refractivity contribution in [1.29, 1.82) is 0 Å². The smallest absolute Gasteiger partial charge is 0.0826 e. The van der Waals surface area contributed by atoms with Gasteiger partial charge in [0.1, 0.15) is 0 Å². The van der Waals surface area contributed by atoms with Gasteiger partial charge in [-0.15, -0.1) is 0 Å². The Morgan fingerprint density at radius 1 is 1.38 bits per heavy atom. The quantitative estimate of drug-likeness (QED) is 0.758. The number of hydrogen-bond donors (Lipinski definition) is 1. The molecule has 4 nitrogen and oxygen atoms in total. The van der Waals surface area contributed by atoms with Gasteiger partial charge in [-0.2, -0.15) is 0 Å². The molecule has 0 aromatic rings. The molecule has 2 saturated heterocycles. The van der Waals surface area contributed by atoms with Crippen molar-refractivity contribution in [1.82, 2.24) is 10.2 Å². The van der Waals surface area contributed by atoms with Gasteiger partial charge in [0.25, 0.3) is 0 Å². The fourth-order valence-corrected chi connectivity index (χ4v) is 2.33. The van der Waals surface area contributed by atoms with Gasteiger partial charge in [0.2, 0.25) is 0 Å². The Hall–Kier alpha value is -0.160. The maximum Gasteiger partial charge on any atom is 0.0826 e. The molecule has 0 aliphatic carbocycles. The number of rotatable bonds is 4. The first kappa shape index (κ1) is 12.3. The van der Waals surface area contributed by atoms with Crippen LogP contribution in [0.5, 0.6) is 0 Å².